The highest BCUT2D eigenvalue weighted by Gasteiger charge is 2.26. The number of ether oxygens (including phenoxy) is 2. The predicted octanol–water partition coefficient (Wildman–Crippen LogP) is 1.64. The number of nitrogens with zero attached hydrogens (tertiary/aromatic N) is 3. The molecule has 0 saturated heterocycles. The Labute approximate surface area is 125 Å². The summed E-state index contributed by atoms with van der Waals surface area (Å²) in [6.45, 7) is 0.832. The van der Waals surface area contributed by atoms with Gasteiger partial charge in [-0.05, 0) is 12.1 Å². The molecule has 2 aromatic rings. The van der Waals surface area contributed by atoms with Crippen molar-refractivity contribution in [1.82, 2.24) is 9.78 Å². The Hall–Kier alpha value is -2.74. The van der Waals surface area contributed by atoms with Crippen molar-refractivity contribution in [2.24, 2.45) is 0 Å². The van der Waals surface area contributed by atoms with Crippen molar-refractivity contribution in [3.05, 3.63) is 51.3 Å². The number of benzene rings is 1. The molecular formula is C14H13N3O5. The van der Waals surface area contributed by atoms with E-state index in [1.54, 1.807) is 16.8 Å². The topological polar surface area (TPSA) is 96.5 Å². The first-order chi connectivity index (χ1) is 10.6. The highest BCUT2D eigenvalue weighted by Crippen LogP contribution is 2.25. The third-order valence-corrected chi connectivity index (χ3v) is 3.50. The minimum absolute atomic E-state index is 0.00120. The second-order valence-electron chi connectivity index (χ2n) is 4.75. The van der Waals surface area contributed by atoms with E-state index in [9.17, 15) is 14.9 Å². The summed E-state index contributed by atoms with van der Waals surface area (Å²) >= 11 is 0. The summed E-state index contributed by atoms with van der Waals surface area (Å²) in [5, 5.41) is 15.0. The van der Waals surface area contributed by atoms with Gasteiger partial charge in [-0.2, -0.15) is 5.10 Å². The highest BCUT2D eigenvalue weighted by molar-refractivity contribution is 5.89. The van der Waals surface area contributed by atoms with E-state index in [0.29, 0.717) is 30.9 Å². The molecule has 1 aromatic carbocycles. The molecule has 22 heavy (non-hydrogen) atoms. The summed E-state index contributed by atoms with van der Waals surface area (Å²) in [5.74, 6) is -0.526. The summed E-state index contributed by atoms with van der Waals surface area (Å²) in [6.07, 6.45) is 0.607. The molecule has 3 rings (SSSR count). The van der Waals surface area contributed by atoms with Crippen LogP contribution in [0.4, 0.5) is 5.69 Å². The van der Waals surface area contributed by atoms with Gasteiger partial charge in [-0.1, -0.05) is 0 Å². The second-order valence-corrected chi connectivity index (χ2v) is 4.75. The maximum atomic E-state index is 11.8. The molecule has 114 valence electrons. The number of hydrogen-bond acceptors (Lipinski definition) is 6. The van der Waals surface area contributed by atoms with Crippen molar-refractivity contribution in [2.45, 2.75) is 13.0 Å². The summed E-state index contributed by atoms with van der Waals surface area (Å²) in [5.41, 5.74) is 2.44. The van der Waals surface area contributed by atoms with Crippen molar-refractivity contribution in [3.8, 4) is 5.69 Å². The van der Waals surface area contributed by atoms with Gasteiger partial charge in [-0.15, -0.1) is 0 Å². The number of nitro benzene ring substituents is 1. The van der Waals surface area contributed by atoms with E-state index in [4.69, 9.17) is 9.47 Å². The van der Waals surface area contributed by atoms with Gasteiger partial charge in [0.05, 0.1) is 36.6 Å². The third-order valence-electron chi connectivity index (χ3n) is 3.50. The van der Waals surface area contributed by atoms with Crippen LogP contribution in [-0.2, 0) is 22.5 Å². The Kier molecular flexibility index (Phi) is 3.60. The summed E-state index contributed by atoms with van der Waals surface area (Å²) < 4.78 is 11.7. The number of esters is 1. The molecule has 2 heterocycles. The fourth-order valence-electron chi connectivity index (χ4n) is 2.43. The average Bonchev–Trinajstić information content (AvgIpc) is 2.94. The van der Waals surface area contributed by atoms with Crippen LogP contribution in [-0.4, -0.2) is 34.4 Å². The zero-order valence-corrected chi connectivity index (χ0v) is 11.8. The Balaban J connectivity index is 2.08. The quantitative estimate of drug-likeness (QED) is 0.486. The Morgan fingerprint density at radius 3 is 2.77 bits per heavy atom. The lowest BCUT2D eigenvalue weighted by atomic mass is 10.1. The van der Waals surface area contributed by atoms with Gasteiger partial charge in [0.2, 0.25) is 0 Å². The van der Waals surface area contributed by atoms with E-state index in [1.165, 1.54) is 19.2 Å². The molecule has 8 nitrogen and oxygen atoms in total. The minimum Gasteiger partial charge on any atom is -0.464 e. The van der Waals surface area contributed by atoms with Crippen LogP contribution in [0.1, 0.15) is 21.7 Å². The molecule has 1 aliphatic rings. The molecule has 1 aliphatic heterocycles. The van der Waals surface area contributed by atoms with Gasteiger partial charge in [0.15, 0.2) is 5.69 Å². The lowest BCUT2D eigenvalue weighted by Crippen LogP contribution is -2.14. The zero-order valence-electron chi connectivity index (χ0n) is 11.8. The van der Waals surface area contributed by atoms with Crippen molar-refractivity contribution in [1.29, 1.82) is 0 Å². The number of non-ortho nitro benzene ring substituents is 1. The number of aromatic nitrogens is 2. The van der Waals surface area contributed by atoms with Gasteiger partial charge in [-0.3, -0.25) is 10.1 Å². The molecule has 0 spiro atoms. The average molecular weight is 303 g/mol. The second kappa shape index (κ2) is 5.57. The monoisotopic (exact) mass is 303 g/mol. The SMILES string of the molecule is COC(=O)c1nn(-c2ccc([N+](=O)[O-])cc2)c2c1COCC2. The molecule has 0 radical (unpaired) electrons. The fraction of sp³-hybridized carbons (Fsp3) is 0.286. The smallest absolute Gasteiger partial charge is 0.358 e. The first-order valence-corrected chi connectivity index (χ1v) is 6.63. The maximum Gasteiger partial charge on any atom is 0.358 e. The molecule has 0 N–H and O–H groups in total. The number of fused-ring (bicyclic) bond motifs is 1. The number of carbonyl (C=O) groups is 1. The van der Waals surface area contributed by atoms with E-state index in [0.717, 1.165) is 5.69 Å². The molecular weight excluding hydrogens is 290 g/mol. The number of carbonyl (C=O) groups excluding carboxylic acids is 1. The van der Waals surface area contributed by atoms with E-state index in [1.807, 2.05) is 0 Å². The zero-order chi connectivity index (χ0) is 15.7. The van der Waals surface area contributed by atoms with E-state index < -0.39 is 10.9 Å². The van der Waals surface area contributed by atoms with Crippen molar-refractivity contribution in [2.75, 3.05) is 13.7 Å². The molecule has 0 aliphatic carbocycles. The van der Waals surface area contributed by atoms with Crippen LogP contribution >= 0.6 is 0 Å². The summed E-state index contributed by atoms with van der Waals surface area (Å²) in [6, 6.07) is 6.00. The van der Waals surface area contributed by atoms with Crippen LogP contribution in [0.15, 0.2) is 24.3 Å². The van der Waals surface area contributed by atoms with Crippen molar-refractivity contribution in [3.63, 3.8) is 0 Å². The molecule has 0 fully saturated rings. The van der Waals surface area contributed by atoms with Gasteiger partial charge >= 0.3 is 5.97 Å². The first kappa shape index (κ1) is 14.2. The van der Waals surface area contributed by atoms with Crippen molar-refractivity contribution < 1.29 is 19.2 Å². The molecule has 1 aromatic heterocycles. The number of nitro groups is 1. The van der Waals surface area contributed by atoms with Gasteiger partial charge in [0, 0.05) is 24.1 Å². The lowest BCUT2D eigenvalue weighted by Gasteiger charge is -2.14. The maximum absolute atomic E-state index is 11.8. The van der Waals surface area contributed by atoms with E-state index >= 15 is 0 Å². The molecule has 0 atom stereocenters. The van der Waals surface area contributed by atoms with Gasteiger partial charge in [0.1, 0.15) is 0 Å². The van der Waals surface area contributed by atoms with Gasteiger partial charge in [0.25, 0.3) is 5.69 Å². The number of hydrogen-bond donors (Lipinski definition) is 0. The minimum atomic E-state index is -0.526. The van der Waals surface area contributed by atoms with E-state index in [2.05, 4.69) is 5.10 Å². The Morgan fingerprint density at radius 1 is 1.41 bits per heavy atom. The van der Waals surface area contributed by atoms with E-state index in [-0.39, 0.29) is 11.4 Å². The molecule has 0 saturated carbocycles. The first-order valence-electron chi connectivity index (χ1n) is 6.63. The number of rotatable bonds is 3. The van der Waals surface area contributed by atoms with Crippen molar-refractivity contribution >= 4 is 11.7 Å². The largest absolute Gasteiger partial charge is 0.464 e. The molecule has 0 bridgehead atoms. The highest BCUT2D eigenvalue weighted by atomic mass is 16.6. The van der Waals surface area contributed by atoms with Crippen LogP contribution in [0.2, 0.25) is 0 Å². The Morgan fingerprint density at radius 2 is 2.14 bits per heavy atom. The lowest BCUT2D eigenvalue weighted by molar-refractivity contribution is -0.384. The number of methoxy groups -OCH3 is 1. The fourth-order valence-corrected chi connectivity index (χ4v) is 2.43. The predicted molar refractivity (Wildman–Crippen MR) is 74.9 cm³/mol. The summed E-state index contributed by atoms with van der Waals surface area (Å²) in [4.78, 5) is 22.1. The third kappa shape index (κ3) is 2.33. The van der Waals surface area contributed by atoms with Crippen LogP contribution in [0.25, 0.3) is 5.69 Å². The summed E-state index contributed by atoms with van der Waals surface area (Å²) in [7, 11) is 1.29. The van der Waals surface area contributed by atoms with Crippen LogP contribution in [0, 0.1) is 10.1 Å². The van der Waals surface area contributed by atoms with Gasteiger partial charge in [-0.25, -0.2) is 9.48 Å². The molecule has 0 amide bonds. The Bertz CT molecular complexity index is 736. The standard InChI is InChI=1S/C14H13N3O5/c1-21-14(18)13-11-8-22-7-6-12(11)16(15-13)9-2-4-10(5-3-9)17(19)20/h2-5H,6-8H2,1H3. The molecule has 0 unspecified atom stereocenters. The van der Waals surface area contributed by atoms with Crippen LogP contribution in [0.3, 0.4) is 0 Å². The van der Waals surface area contributed by atoms with Crippen LogP contribution < -0.4 is 0 Å². The normalized spacial score (nSPS) is 13.5. The molecule has 8 heteroatoms. The van der Waals surface area contributed by atoms with Gasteiger partial charge < -0.3 is 9.47 Å². The van der Waals surface area contributed by atoms with Crippen LogP contribution in [0.5, 0.6) is 0 Å².